The van der Waals surface area contributed by atoms with Gasteiger partial charge >= 0.3 is 0 Å². The van der Waals surface area contributed by atoms with Crippen molar-refractivity contribution in [2.24, 2.45) is 0 Å². The highest BCUT2D eigenvalue weighted by Gasteiger charge is 2.23. The second kappa shape index (κ2) is 4.84. The van der Waals surface area contributed by atoms with Crippen LogP contribution in [0.1, 0.15) is 13.8 Å². The van der Waals surface area contributed by atoms with Crippen molar-refractivity contribution in [2.45, 2.75) is 25.9 Å². The molecular formula is C13H21N3O. The summed E-state index contributed by atoms with van der Waals surface area (Å²) in [5.74, 6) is 0.853. The third-order valence-corrected chi connectivity index (χ3v) is 3.10. The molecule has 0 bridgehead atoms. The van der Waals surface area contributed by atoms with Crippen LogP contribution in [0.3, 0.4) is 0 Å². The molecule has 94 valence electrons. The van der Waals surface area contributed by atoms with Crippen molar-refractivity contribution in [1.82, 2.24) is 5.32 Å². The van der Waals surface area contributed by atoms with Gasteiger partial charge in [0.1, 0.15) is 5.75 Å². The van der Waals surface area contributed by atoms with Crippen molar-refractivity contribution in [2.75, 3.05) is 30.8 Å². The summed E-state index contributed by atoms with van der Waals surface area (Å²) in [6.07, 6.45) is 0. The van der Waals surface area contributed by atoms with Crippen LogP contribution in [0.25, 0.3) is 0 Å². The normalized spacial score (nSPS) is 24.8. The maximum atomic E-state index is 5.78. The summed E-state index contributed by atoms with van der Waals surface area (Å²) in [6.45, 7) is 6.38. The van der Waals surface area contributed by atoms with Crippen molar-refractivity contribution in [1.29, 1.82) is 0 Å². The Bertz CT molecular complexity index is 384. The zero-order valence-corrected chi connectivity index (χ0v) is 10.7. The van der Waals surface area contributed by atoms with E-state index in [0.29, 0.717) is 12.1 Å². The average Bonchev–Trinajstić information content (AvgIpc) is 2.27. The maximum Gasteiger partial charge on any atom is 0.144 e. The van der Waals surface area contributed by atoms with E-state index < -0.39 is 0 Å². The van der Waals surface area contributed by atoms with Gasteiger partial charge in [0.25, 0.3) is 0 Å². The highest BCUT2D eigenvalue weighted by Crippen LogP contribution is 2.31. The molecule has 17 heavy (non-hydrogen) atoms. The van der Waals surface area contributed by atoms with Gasteiger partial charge in [-0.05, 0) is 26.0 Å². The predicted molar refractivity (Wildman–Crippen MR) is 71.7 cm³/mol. The van der Waals surface area contributed by atoms with Crippen molar-refractivity contribution in [3.05, 3.63) is 18.2 Å². The lowest BCUT2D eigenvalue weighted by Gasteiger charge is -2.38. The number of rotatable bonds is 2. The molecule has 2 atom stereocenters. The van der Waals surface area contributed by atoms with Gasteiger partial charge in [-0.2, -0.15) is 0 Å². The van der Waals surface area contributed by atoms with E-state index >= 15 is 0 Å². The molecule has 1 aromatic carbocycles. The lowest BCUT2D eigenvalue weighted by Crippen LogP contribution is -2.54. The Morgan fingerprint density at radius 1 is 1.29 bits per heavy atom. The number of piperazine rings is 1. The van der Waals surface area contributed by atoms with E-state index in [1.807, 2.05) is 18.2 Å². The van der Waals surface area contributed by atoms with Crippen molar-refractivity contribution >= 4 is 11.4 Å². The fraction of sp³-hybridized carbons (Fsp3) is 0.538. The highest BCUT2D eigenvalue weighted by molar-refractivity contribution is 5.64. The average molecular weight is 235 g/mol. The zero-order valence-electron chi connectivity index (χ0n) is 10.7. The third-order valence-electron chi connectivity index (χ3n) is 3.10. The second-order valence-corrected chi connectivity index (χ2v) is 4.81. The first-order chi connectivity index (χ1) is 8.10. The Morgan fingerprint density at radius 3 is 2.53 bits per heavy atom. The fourth-order valence-corrected chi connectivity index (χ4v) is 2.48. The Hall–Kier alpha value is -1.42. The summed E-state index contributed by atoms with van der Waals surface area (Å²) < 4.78 is 5.41. The quantitative estimate of drug-likeness (QED) is 0.762. The number of anilines is 2. The van der Waals surface area contributed by atoms with E-state index in [4.69, 9.17) is 10.5 Å². The van der Waals surface area contributed by atoms with Gasteiger partial charge in [-0.3, -0.25) is 0 Å². The molecule has 0 amide bonds. The summed E-state index contributed by atoms with van der Waals surface area (Å²) in [6, 6.07) is 6.82. The molecular weight excluding hydrogens is 214 g/mol. The molecule has 1 fully saturated rings. The van der Waals surface area contributed by atoms with Crippen LogP contribution in [-0.2, 0) is 0 Å². The lowest BCUT2D eigenvalue weighted by atomic mass is 10.1. The number of nitrogens with two attached hydrogens (primary N) is 1. The number of hydrogen-bond acceptors (Lipinski definition) is 4. The van der Waals surface area contributed by atoms with Gasteiger partial charge in [-0.25, -0.2) is 0 Å². The van der Waals surface area contributed by atoms with Crippen LogP contribution in [0.5, 0.6) is 5.75 Å². The van der Waals surface area contributed by atoms with Crippen LogP contribution in [0, 0.1) is 0 Å². The Kier molecular flexibility index (Phi) is 3.43. The number of ether oxygens (including phenoxy) is 1. The van der Waals surface area contributed by atoms with Crippen LogP contribution < -0.4 is 20.7 Å². The number of nitrogen functional groups attached to an aromatic ring is 1. The van der Waals surface area contributed by atoms with Crippen molar-refractivity contribution in [3.8, 4) is 5.75 Å². The molecule has 0 aromatic heterocycles. The Morgan fingerprint density at radius 2 is 1.94 bits per heavy atom. The molecule has 0 radical (unpaired) electrons. The van der Waals surface area contributed by atoms with Crippen LogP contribution in [0.2, 0.25) is 0 Å². The van der Waals surface area contributed by atoms with Gasteiger partial charge in [0.05, 0.1) is 12.8 Å². The number of methoxy groups -OCH3 is 1. The summed E-state index contributed by atoms with van der Waals surface area (Å²) >= 11 is 0. The van der Waals surface area contributed by atoms with Gasteiger partial charge in [0, 0.05) is 36.9 Å². The molecule has 0 aliphatic carbocycles. The first-order valence-electron chi connectivity index (χ1n) is 6.04. The molecule has 2 rings (SSSR count). The molecule has 3 N–H and O–H groups in total. The molecule has 1 aromatic rings. The van der Waals surface area contributed by atoms with Crippen LogP contribution in [0.15, 0.2) is 18.2 Å². The van der Waals surface area contributed by atoms with E-state index in [1.165, 1.54) is 0 Å². The van der Waals surface area contributed by atoms with Crippen molar-refractivity contribution < 1.29 is 4.74 Å². The molecule has 4 nitrogen and oxygen atoms in total. The smallest absolute Gasteiger partial charge is 0.144 e. The van der Waals surface area contributed by atoms with E-state index in [2.05, 4.69) is 24.1 Å². The molecule has 0 saturated carbocycles. The molecule has 4 heteroatoms. The minimum absolute atomic E-state index is 0.487. The van der Waals surface area contributed by atoms with Gasteiger partial charge in [0.2, 0.25) is 0 Å². The molecule has 1 heterocycles. The summed E-state index contributed by atoms with van der Waals surface area (Å²) in [4.78, 5) is 2.35. The number of benzene rings is 1. The van der Waals surface area contributed by atoms with Gasteiger partial charge < -0.3 is 20.7 Å². The van der Waals surface area contributed by atoms with E-state index in [9.17, 15) is 0 Å². The summed E-state index contributed by atoms with van der Waals surface area (Å²) in [5.41, 5.74) is 7.64. The van der Waals surface area contributed by atoms with E-state index in [-0.39, 0.29) is 0 Å². The van der Waals surface area contributed by atoms with Gasteiger partial charge in [-0.1, -0.05) is 0 Å². The molecule has 0 spiro atoms. The number of hydrogen-bond donors (Lipinski definition) is 2. The fourth-order valence-electron chi connectivity index (χ4n) is 2.48. The second-order valence-electron chi connectivity index (χ2n) is 4.81. The maximum absolute atomic E-state index is 5.78. The third kappa shape index (κ3) is 2.64. The number of nitrogens with one attached hydrogen (secondary N) is 1. The Labute approximate surface area is 103 Å². The van der Waals surface area contributed by atoms with Gasteiger partial charge in [-0.15, -0.1) is 0 Å². The predicted octanol–water partition coefficient (Wildman–Crippen LogP) is 1.46. The SMILES string of the molecule is COc1cc(N)ccc1N1C[C@@H](C)N[C@@H](C)C1. The van der Waals surface area contributed by atoms with E-state index in [1.54, 1.807) is 7.11 Å². The summed E-state index contributed by atoms with van der Waals surface area (Å²) in [5, 5.41) is 3.52. The van der Waals surface area contributed by atoms with Gasteiger partial charge in [0.15, 0.2) is 0 Å². The van der Waals surface area contributed by atoms with E-state index in [0.717, 1.165) is 30.2 Å². The highest BCUT2D eigenvalue weighted by atomic mass is 16.5. The minimum Gasteiger partial charge on any atom is -0.495 e. The van der Waals surface area contributed by atoms with Crippen LogP contribution in [-0.4, -0.2) is 32.3 Å². The van der Waals surface area contributed by atoms with Crippen LogP contribution >= 0.6 is 0 Å². The molecule has 1 aliphatic rings. The molecule has 1 aliphatic heterocycles. The van der Waals surface area contributed by atoms with Crippen LogP contribution in [0.4, 0.5) is 11.4 Å². The molecule has 0 unspecified atom stereocenters. The van der Waals surface area contributed by atoms with Crippen molar-refractivity contribution in [3.63, 3.8) is 0 Å². The topological polar surface area (TPSA) is 50.5 Å². The minimum atomic E-state index is 0.487. The lowest BCUT2D eigenvalue weighted by molar-refractivity contribution is 0.391. The first kappa shape index (κ1) is 12.0. The molecule has 1 saturated heterocycles. The largest absolute Gasteiger partial charge is 0.495 e. The number of nitrogens with zero attached hydrogens (tertiary/aromatic N) is 1. The Balaban J connectivity index is 2.26. The first-order valence-corrected chi connectivity index (χ1v) is 6.04. The standard InChI is InChI=1S/C13H21N3O/c1-9-7-16(8-10(2)15-9)12-5-4-11(14)6-13(12)17-3/h4-6,9-10,15H,7-8,14H2,1-3H3/t9-,10+. The monoisotopic (exact) mass is 235 g/mol. The summed E-state index contributed by atoms with van der Waals surface area (Å²) in [7, 11) is 1.69. The zero-order chi connectivity index (χ0) is 12.4.